The van der Waals surface area contributed by atoms with Crippen LogP contribution in [-0.4, -0.2) is 24.1 Å². The first-order chi connectivity index (χ1) is 12.7. The molecule has 0 radical (unpaired) electrons. The number of hydroxylamine groups is 2. The molecule has 4 nitrogen and oxygen atoms in total. The number of hydrogen-bond donors (Lipinski definition) is 0. The summed E-state index contributed by atoms with van der Waals surface area (Å²) < 4.78 is 0. The quantitative estimate of drug-likeness (QED) is 0.803. The molecular formula is C22H24N2O2. The van der Waals surface area contributed by atoms with Crippen molar-refractivity contribution in [3.63, 3.8) is 0 Å². The molecular weight excluding hydrogens is 324 g/mol. The fourth-order valence-corrected chi connectivity index (χ4v) is 4.03. The Hall–Kier alpha value is -2.59. The second-order valence-corrected chi connectivity index (χ2v) is 6.81. The predicted octanol–water partition coefficient (Wildman–Crippen LogP) is 4.47. The van der Waals surface area contributed by atoms with Crippen molar-refractivity contribution in [2.75, 3.05) is 11.9 Å². The van der Waals surface area contributed by atoms with Crippen molar-refractivity contribution in [1.29, 1.82) is 0 Å². The van der Waals surface area contributed by atoms with Crippen molar-refractivity contribution in [2.24, 2.45) is 0 Å². The van der Waals surface area contributed by atoms with E-state index < -0.39 is 0 Å². The van der Waals surface area contributed by atoms with Gasteiger partial charge in [-0.3, -0.25) is 4.79 Å². The first-order valence-corrected chi connectivity index (χ1v) is 9.28. The van der Waals surface area contributed by atoms with Crippen molar-refractivity contribution in [1.82, 2.24) is 5.06 Å². The molecule has 0 fully saturated rings. The molecule has 0 N–H and O–H groups in total. The van der Waals surface area contributed by atoms with E-state index in [1.54, 1.807) is 0 Å². The van der Waals surface area contributed by atoms with E-state index >= 15 is 0 Å². The molecule has 2 aliphatic rings. The Bertz CT molecular complexity index is 887. The maximum absolute atomic E-state index is 12.8. The Morgan fingerprint density at radius 1 is 1.08 bits per heavy atom. The van der Waals surface area contributed by atoms with Crippen LogP contribution in [0, 0.1) is 0 Å². The molecule has 2 aromatic carbocycles. The number of fused-ring (bicyclic) bond motifs is 4. The van der Waals surface area contributed by atoms with E-state index in [9.17, 15) is 4.79 Å². The van der Waals surface area contributed by atoms with Gasteiger partial charge in [0.05, 0.1) is 18.3 Å². The van der Waals surface area contributed by atoms with E-state index in [0.717, 1.165) is 34.6 Å². The van der Waals surface area contributed by atoms with E-state index in [0.29, 0.717) is 13.0 Å². The lowest BCUT2D eigenvalue weighted by molar-refractivity contribution is -0.118. The smallest absolute Gasteiger partial charge is 0.227 e. The van der Waals surface area contributed by atoms with Gasteiger partial charge in [0.1, 0.15) is 0 Å². The summed E-state index contributed by atoms with van der Waals surface area (Å²) in [5.74, 6) is 1.06. The highest BCUT2D eigenvalue weighted by molar-refractivity contribution is 6.02. The molecule has 1 atom stereocenters. The molecule has 1 unspecified atom stereocenters. The van der Waals surface area contributed by atoms with Gasteiger partial charge in [-0.2, -0.15) is 0 Å². The molecule has 1 amide bonds. The van der Waals surface area contributed by atoms with Crippen molar-refractivity contribution in [3.05, 3.63) is 65.2 Å². The summed E-state index contributed by atoms with van der Waals surface area (Å²) in [4.78, 5) is 20.9. The monoisotopic (exact) mass is 348 g/mol. The molecule has 2 heterocycles. The van der Waals surface area contributed by atoms with E-state index in [2.05, 4.69) is 25.1 Å². The van der Waals surface area contributed by atoms with Gasteiger partial charge in [0.15, 0.2) is 5.76 Å². The summed E-state index contributed by atoms with van der Waals surface area (Å²) in [6.45, 7) is 4.64. The second kappa shape index (κ2) is 6.61. The number of carbonyl (C=O) groups excluding carboxylic acids is 1. The zero-order chi connectivity index (χ0) is 18.3. The third-order valence-corrected chi connectivity index (χ3v) is 5.32. The number of anilines is 1. The van der Waals surface area contributed by atoms with Crippen LogP contribution >= 0.6 is 0 Å². The fourth-order valence-electron chi connectivity index (χ4n) is 4.03. The first-order valence-electron chi connectivity index (χ1n) is 9.28. The Kier molecular flexibility index (Phi) is 4.29. The third kappa shape index (κ3) is 2.53. The van der Waals surface area contributed by atoms with E-state index in [-0.39, 0.29) is 11.9 Å². The van der Waals surface area contributed by atoms with E-state index in [1.807, 2.05) is 54.3 Å². The molecule has 0 saturated heterocycles. The highest BCUT2D eigenvalue weighted by atomic mass is 16.7. The van der Waals surface area contributed by atoms with Crippen LogP contribution in [0.15, 0.2) is 48.5 Å². The average molecular weight is 348 g/mol. The number of likely N-dealkylation sites (N-methyl/N-ethyl adjacent to an activating group) is 1. The molecule has 0 bridgehead atoms. The lowest BCUT2D eigenvalue weighted by Gasteiger charge is -2.29. The Labute approximate surface area is 154 Å². The number of benzene rings is 2. The molecule has 26 heavy (non-hydrogen) atoms. The Morgan fingerprint density at radius 2 is 1.77 bits per heavy atom. The van der Waals surface area contributed by atoms with Gasteiger partial charge in [0.25, 0.3) is 0 Å². The van der Waals surface area contributed by atoms with Gasteiger partial charge in [0.2, 0.25) is 5.91 Å². The van der Waals surface area contributed by atoms with Crippen LogP contribution in [0.25, 0.3) is 11.3 Å². The van der Waals surface area contributed by atoms with Gasteiger partial charge in [-0.1, -0.05) is 56.3 Å². The standard InChI is InChI=1S/C22H24N2O2/c1-4-18-21-17-12-8-9-13-19(17)24(20(25)5-2)14-15-10-6-7-11-16(15)22(21)26-23(18)3/h6-13,18H,4-5,14H2,1-3H3. The number of para-hydroxylation sites is 1. The summed E-state index contributed by atoms with van der Waals surface area (Å²) in [5, 5.41) is 1.94. The SMILES string of the molecule is CCC(=O)N1Cc2ccccc2C2=C(c3ccccc31)C(CC)N(C)O2. The van der Waals surface area contributed by atoms with Gasteiger partial charge in [-0.05, 0) is 18.1 Å². The molecule has 0 aromatic heterocycles. The zero-order valence-electron chi connectivity index (χ0n) is 15.5. The normalized spacial score (nSPS) is 19.2. The van der Waals surface area contributed by atoms with E-state index in [1.165, 1.54) is 5.57 Å². The summed E-state index contributed by atoms with van der Waals surface area (Å²) in [7, 11) is 1.99. The van der Waals surface area contributed by atoms with Crippen molar-refractivity contribution in [3.8, 4) is 0 Å². The summed E-state index contributed by atoms with van der Waals surface area (Å²) >= 11 is 0. The van der Waals surface area contributed by atoms with E-state index in [4.69, 9.17) is 4.84 Å². The minimum absolute atomic E-state index is 0.136. The van der Waals surface area contributed by atoms with Crippen molar-refractivity contribution in [2.45, 2.75) is 39.3 Å². The lowest BCUT2D eigenvalue weighted by atomic mass is 9.89. The van der Waals surface area contributed by atoms with Gasteiger partial charge in [-0.25, -0.2) is 0 Å². The molecule has 2 aliphatic heterocycles. The molecule has 2 aromatic rings. The van der Waals surface area contributed by atoms with Crippen molar-refractivity contribution < 1.29 is 9.63 Å². The van der Waals surface area contributed by atoms with Crippen LogP contribution in [0.2, 0.25) is 0 Å². The number of rotatable bonds is 2. The van der Waals surface area contributed by atoms with Crippen LogP contribution in [-0.2, 0) is 16.2 Å². The maximum Gasteiger partial charge on any atom is 0.227 e. The Morgan fingerprint density at radius 3 is 2.50 bits per heavy atom. The van der Waals surface area contributed by atoms with Gasteiger partial charge in [0, 0.05) is 30.2 Å². The lowest BCUT2D eigenvalue weighted by Crippen LogP contribution is -2.32. The van der Waals surface area contributed by atoms with Crippen LogP contribution in [0.5, 0.6) is 0 Å². The molecule has 134 valence electrons. The zero-order valence-corrected chi connectivity index (χ0v) is 15.5. The molecule has 4 heteroatoms. The Balaban J connectivity index is 2.04. The third-order valence-electron chi connectivity index (χ3n) is 5.32. The number of carbonyl (C=O) groups is 1. The molecule has 0 saturated carbocycles. The largest absolute Gasteiger partial charge is 0.405 e. The summed E-state index contributed by atoms with van der Waals surface area (Å²) in [6, 6.07) is 16.6. The molecule has 0 aliphatic carbocycles. The highest BCUT2D eigenvalue weighted by Gasteiger charge is 2.37. The van der Waals surface area contributed by atoms with Crippen LogP contribution in [0.1, 0.15) is 43.4 Å². The number of amides is 1. The maximum atomic E-state index is 12.8. The second-order valence-electron chi connectivity index (χ2n) is 6.81. The summed E-state index contributed by atoms with van der Waals surface area (Å²) in [6.07, 6.45) is 1.42. The minimum Gasteiger partial charge on any atom is -0.405 e. The highest BCUT2D eigenvalue weighted by Crippen LogP contribution is 2.45. The first kappa shape index (κ1) is 16.9. The van der Waals surface area contributed by atoms with Crippen LogP contribution in [0.4, 0.5) is 5.69 Å². The van der Waals surface area contributed by atoms with Crippen LogP contribution in [0.3, 0.4) is 0 Å². The fraction of sp³-hybridized carbons (Fsp3) is 0.318. The van der Waals surface area contributed by atoms with Crippen molar-refractivity contribution >= 4 is 22.9 Å². The van der Waals surface area contributed by atoms with Gasteiger partial charge >= 0.3 is 0 Å². The van der Waals surface area contributed by atoms with Gasteiger partial charge in [-0.15, -0.1) is 5.06 Å². The molecule has 4 rings (SSSR count). The van der Waals surface area contributed by atoms with Crippen LogP contribution < -0.4 is 4.90 Å². The molecule has 0 spiro atoms. The average Bonchev–Trinajstić information content (AvgIpc) is 3.00. The number of nitrogens with zero attached hydrogens (tertiary/aromatic N) is 2. The summed E-state index contributed by atoms with van der Waals surface area (Å²) in [5.41, 5.74) is 5.43. The van der Waals surface area contributed by atoms with Gasteiger partial charge < -0.3 is 9.74 Å². The topological polar surface area (TPSA) is 32.8 Å². The minimum atomic E-state index is 0.136. The predicted molar refractivity (Wildman–Crippen MR) is 104 cm³/mol. The number of hydrogen-bond acceptors (Lipinski definition) is 3.